The van der Waals surface area contributed by atoms with Crippen molar-refractivity contribution < 1.29 is 14.0 Å². The number of hydrogen-bond acceptors (Lipinski definition) is 4. The average Bonchev–Trinajstić information content (AvgIpc) is 3.45. The van der Waals surface area contributed by atoms with E-state index in [0.29, 0.717) is 23.1 Å². The number of carbonyl (C=O) groups excluding carboxylic acids is 2. The lowest BCUT2D eigenvalue weighted by molar-refractivity contribution is -0.122. The van der Waals surface area contributed by atoms with Crippen LogP contribution in [0.2, 0.25) is 5.02 Å². The van der Waals surface area contributed by atoms with Gasteiger partial charge in [0, 0.05) is 40.7 Å². The number of rotatable bonds is 4. The molecule has 2 aliphatic heterocycles. The smallest absolute Gasteiger partial charge is 0.230 e. The predicted octanol–water partition coefficient (Wildman–Crippen LogP) is 4.40. The van der Waals surface area contributed by atoms with Crippen LogP contribution < -0.4 is 10.2 Å². The van der Waals surface area contributed by atoms with E-state index in [4.69, 9.17) is 11.6 Å². The van der Waals surface area contributed by atoms with Crippen LogP contribution in [-0.4, -0.2) is 28.1 Å². The minimum Gasteiger partial charge on any atom is -0.312 e. The van der Waals surface area contributed by atoms with Crippen LogP contribution in [0.1, 0.15) is 17.7 Å². The molecule has 0 bridgehead atoms. The molecule has 1 fully saturated rings. The van der Waals surface area contributed by atoms with Crippen molar-refractivity contribution >= 4 is 46.7 Å². The Morgan fingerprint density at radius 1 is 1.10 bits per heavy atom. The van der Waals surface area contributed by atoms with Crippen molar-refractivity contribution in [1.82, 2.24) is 9.78 Å². The maximum absolute atomic E-state index is 13.4. The van der Waals surface area contributed by atoms with Crippen LogP contribution in [0, 0.1) is 11.7 Å². The van der Waals surface area contributed by atoms with Gasteiger partial charge in [-0.25, -0.2) is 9.07 Å². The van der Waals surface area contributed by atoms with Gasteiger partial charge in [-0.15, -0.1) is 0 Å². The molecule has 0 radical (unpaired) electrons. The zero-order chi connectivity index (χ0) is 21.5. The first-order chi connectivity index (χ1) is 15.0. The number of thioether (sulfide) groups is 1. The first-order valence-corrected chi connectivity index (χ1v) is 11.3. The molecule has 2 aliphatic rings. The van der Waals surface area contributed by atoms with Crippen molar-refractivity contribution in [3.05, 3.63) is 70.6 Å². The van der Waals surface area contributed by atoms with Gasteiger partial charge >= 0.3 is 0 Å². The van der Waals surface area contributed by atoms with Gasteiger partial charge in [0.25, 0.3) is 0 Å². The highest BCUT2D eigenvalue weighted by atomic mass is 35.5. The molecule has 1 atom stereocenters. The van der Waals surface area contributed by atoms with E-state index in [1.165, 1.54) is 12.1 Å². The quantitative estimate of drug-likeness (QED) is 0.631. The zero-order valence-electron chi connectivity index (χ0n) is 16.3. The van der Waals surface area contributed by atoms with E-state index in [0.717, 1.165) is 28.5 Å². The Morgan fingerprint density at radius 2 is 1.81 bits per heavy atom. The topological polar surface area (TPSA) is 67.2 Å². The van der Waals surface area contributed by atoms with Gasteiger partial charge in [0.2, 0.25) is 11.8 Å². The lowest BCUT2D eigenvalue weighted by Crippen LogP contribution is -2.28. The SMILES string of the molecule is O=C(Nc1c2c(nn1-c1ccc(F)cc1)CSC2)C1CC(=O)N(c2ccc(Cl)cc2)C1. The molecule has 9 heteroatoms. The number of anilines is 2. The van der Waals surface area contributed by atoms with Crippen LogP contribution in [0.5, 0.6) is 0 Å². The molecule has 0 saturated carbocycles. The summed E-state index contributed by atoms with van der Waals surface area (Å²) in [6.45, 7) is 0.300. The molecule has 158 valence electrons. The number of benzene rings is 2. The maximum atomic E-state index is 13.4. The van der Waals surface area contributed by atoms with Crippen LogP contribution in [0.25, 0.3) is 5.69 Å². The Labute approximate surface area is 187 Å². The monoisotopic (exact) mass is 456 g/mol. The number of aromatic nitrogens is 2. The van der Waals surface area contributed by atoms with Crippen molar-refractivity contribution in [2.45, 2.75) is 17.9 Å². The Hall–Kier alpha value is -2.84. The van der Waals surface area contributed by atoms with Gasteiger partial charge in [-0.1, -0.05) is 11.6 Å². The summed E-state index contributed by atoms with van der Waals surface area (Å²) in [5.41, 5.74) is 3.27. The molecule has 3 aromatic rings. The summed E-state index contributed by atoms with van der Waals surface area (Å²) in [6.07, 6.45) is 0.135. The molecule has 1 unspecified atom stereocenters. The van der Waals surface area contributed by atoms with Crippen LogP contribution in [0.3, 0.4) is 0 Å². The molecular weight excluding hydrogens is 439 g/mol. The fourth-order valence-corrected chi connectivity index (χ4v) is 5.04. The van der Waals surface area contributed by atoms with Gasteiger partial charge in [0.1, 0.15) is 11.6 Å². The Balaban J connectivity index is 1.39. The molecule has 31 heavy (non-hydrogen) atoms. The minimum absolute atomic E-state index is 0.102. The predicted molar refractivity (Wildman–Crippen MR) is 119 cm³/mol. The number of nitrogens with one attached hydrogen (secondary N) is 1. The van der Waals surface area contributed by atoms with E-state index in [2.05, 4.69) is 10.4 Å². The lowest BCUT2D eigenvalue weighted by atomic mass is 10.1. The summed E-state index contributed by atoms with van der Waals surface area (Å²) in [5.74, 6) is 0.948. The van der Waals surface area contributed by atoms with Gasteiger partial charge < -0.3 is 10.2 Å². The molecular formula is C22H18ClFN4O2S. The average molecular weight is 457 g/mol. The van der Waals surface area contributed by atoms with Crippen molar-refractivity contribution in [1.29, 1.82) is 0 Å². The first kappa shape index (κ1) is 20.1. The molecule has 1 saturated heterocycles. The van der Waals surface area contributed by atoms with Gasteiger partial charge in [0.05, 0.1) is 17.3 Å². The van der Waals surface area contributed by atoms with Gasteiger partial charge in [-0.2, -0.15) is 16.9 Å². The summed E-state index contributed by atoms with van der Waals surface area (Å²) in [5, 5.41) is 8.22. The molecule has 1 N–H and O–H groups in total. The molecule has 6 nitrogen and oxygen atoms in total. The Bertz CT molecular complexity index is 1160. The molecule has 3 heterocycles. The van der Waals surface area contributed by atoms with Crippen molar-refractivity contribution in [2.75, 3.05) is 16.8 Å². The third kappa shape index (κ3) is 3.81. The van der Waals surface area contributed by atoms with Crippen LogP contribution in [0.15, 0.2) is 48.5 Å². The summed E-state index contributed by atoms with van der Waals surface area (Å²) in [4.78, 5) is 27.3. The third-order valence-electron chi connectivity index (χ3n) is 5.50. The fraction of sp³-hybridized carbons (Fsp3) is 0.227. The van der Waals surface area contributed by atoms with Gasteiger partial charge in [-0.05, 0) is 48.5 Å². The highest BCUT2D eigenvalue weighted by Gasteiger charge is 2.36. The molecule has 2 aromatic carbocycles. The van der Waals surface area contributed by atoms with E-state index >= 15 is 0 Å². The summed E-state index contributed by atoms with van der Waals surface area (Å²) >= 11 is 7.66. The largest absolute Gasteiger partial charge is 0.312 e. The number of halogens is 2. The molecule has 2 amide bonds. The van der Waals surface area contributed by atoms with E-state index < -0.39 is 5.92 Å². The van der Waals surface area contributed by atoms with E-state index in [-0.39, 0.29) is 24.1 Å². The fourth-order valence-electron chi connectivity index (χ4n) is 3.88. The Morgan fingerprint density at radius 3 is 2.55 bits per heavy atom. The number of fused-ring (bicyclic) bond motifs is 1. The summed E-state index contributed by atoms with van der Waals surface area (Å²) < 4.78 is 15.0. The molecule has 1 aromatic heterocycles. The van der Waals surface area contributed by atoms with E-state index in [9.17, 15) is 14.0 Å². The van der Waals surface area contributed by atoms with Crippen molar-refractivity contribution in [3.8, 4) is 5.69 Å². The maximum Gasteiger partial charge on any atom is 0.230 e. The Kier molecular flexibility index (Phi) is 5.19. The van der Waals surface area contributed by atoms with Crippen molar-refractivity contribution in [2.24, 2.45) is 5.92 Å². The molecule has 0 aliphatic carbocycles. The van der Waals surface area contributed by atoms with Crippen LogP contribution in [0.4, 0.5) is 15.9 Å². The highest BCUT2D eigenvalue weighted by Crippen LogP contribution is 2.37. The van der Waals surface area contributed by atoms with E-state index in [1.54, 1.807) is 57.7 Å². The standard InChI is InChI=1S/C22H18ClFN4O2S/c23-14-1-5-16(6-2-14)27-10-13(9-20(27)29)22(30)25-21-18-11-31-12-19(18)26-28(21)17-7-3-15(24)4-8-17/h1-8,13H,9-12H2,(H,25,30). The summed E-state index contributed by atoms with van der Waals surface area (Å²) in [7, 11) is 0. The van der Waals surface area contributed by atoms with Gasteiger partial charge in [-0.3, -0.25) is 9.59 Å². The lowest BCUT2D eigenvalue weighted by Gasteiger charge is -2.17. The number of amides is 2. The van der Waals surface area contributed by atoms with Gasteiger partial charge in [0.15, 0.2) is 0 Å². The van der Waals surface area contributed by atoms with Crippen LogP contribution in [-0.2, 0) is 21.1 Å². The summed E-state index contributed by atoms with van der Waals surface area (Å²) in [6, 6.07) is 13.0. The number of hydrogen-bond donors (Lipinski definition) is 1. The van der Waals surface area contributed by atoms with Crippen LogP contribution >= 0.6 is 23.4 Å². The third-order valence-corrected chi connectivity index (χ3v) is 6.72. The van der Waals surface area contributed by atoms with Crippen molar-refractivity contribution in [3.63, 3.8) is 0 Å². The molecule has 5 rings (SSSR count). The molecule has 0 spiro atoms. The first-order valence-electron chi connectivity index (χ1n) is 9.81. The second-order valence-electron chi connectivity index (χ2n) is 7.53. The minimum atomic E-state index is -0.482. The normalized spacial score (nSPS) is 17.8. The number of carbonyl (C=O) groups is 2. The zero-order valence-corrected chi connectivity index (χ0v) is 17.9. The second kappa shape index (κ2) is 8.01. The second-order valence-corrected chi connectivity index (χ2v) is 8.95. The number of nitrogens with zero attached hydrogens (tertiary/aromatic N) is 3. The van der Waals surface area contributed by atoms with E-state index in [1.807, 2.05) is 0 Å². The highest BCUT2D eigenvalue weighted by molar-refractivity contribution is 7.98.